The van der Waals surface area contributed by atoms with Gasteiger partial charge in [0, 0.05) is 11.6 Å². The lowest BCUT2D eigenvalue weighted by Crippen LogP contribution is -2.66. The van der Waals surface area contributed by atoms with Crippen LogP contribution in [-0.2, 0) is 0 Å². The number of aliphatic hydroxyl groups is 1. The SMILES string of the molecule is N#C[C@H]1[C@H](c2ccccc2)[C@@H](CO)N1C(=O)Nc1cccc(F)c1. The van der Waals surface area contributed by atoms with E-state index in [0.717, 1.165) is 5.56 Å². The Hall–Kier alpha value is -2.91. The third-order valence-corrected chi connectivity index (χ3v) is 4.23. The van der Waals surface area contributed by atoms with Crippen molar-refractivity contribution in [2.75, 3.05) is 11.9 Å². The van der Waals surface area contributed by atoms with Crippen molar-refractivity contribution in [2.45, 2.75) is 18.0 Å². The molecule has 2 aromatic carbocycles. The molecular formula is C18H16FN3O2. The molecule has 5 nitrogen and oxygen atoms in total. The van der Waals surface area contributed by atoms with Crippen LogP contribution in [0.2, 0.25) is 0 Å². The standard InChI is InChI=1S/C18H16FN3O2/c19-13-7-4-8-14(9-13)21-18(24)22-15(10-20)17(16(22)11-23)12-5-2-1-3-6-12/h1-9,15-17,23H,11H2,(H,21,24)/t15-,16+,17-/m0/s1. The van der Waals surface area contributed by atoms with E-state index < -0.39 is 23.9 Å². The Bertz CT molecular complexity index is 775. The molecule has 3 rings (SSSR count). The van der Waals surface area contributed by atoms with Crippen molar-refractivity contribution in [1.29, 1.82) is 5.26 Å². The average molecular weight is 325 g/mol. The summed E-state index contributed by atoms with van der Waals surface area (Å²) in [5, 5.41) is 21.7. The first-order valence-corrected chi connectivity index (χ1v) is 7.56. The lowest BCUT2D eigenvalue weighted by atomic mass is 9.76. The number of nitriles is 1. The van der Waals surface area contributed by atoms with Crippen molar-refractivity contribution in [3.05, 3.63) is 66.0 Å². The molecule has 2 amide bonds. The maximum absolute atomic E-state index is 13.2. The molecule has 0 aromatic heterocycles. The lowest BCUT2D eigenvalue weighted by Gasteiger charge is -2.51. The first-order chi connectivity index (χ1) is 11.7. The van der Waals surface area contributed by atoms with E-state index in [-0.39, 0.29) is 12.5 Å². The summed E-state index contributed by atoms with van der Waals surface area (Å²) in [5.41, 5.74) is 1.20. The van der Waals surface area contributed by atoms with Gasteiger partial charge in [-0.05, 0) is 23.8 Å². The number of likely N-dealkylation sites (tertiary alicyclic amines) is 1. The molecule has 2 aromatic rings. The number of benzene rings is 2. The summed E-state index contributed by atoms with van der Waals surface area (Å²) in [6.07, 6.45) is 0. The molecule has 0 aliphatic carbocycles. The molecule has 1 fully saturated rings. The van der Waals surface area contributed by atoms with Crippen LogP contribution in [0.3, 0.4) is 0 Å². The third-order valence-electron chi connectivity index (χ3n) is 4.23. The number of hydrogen-bond acceptors (Lipinski definition) is 3. The number of aliphatic hydroxyl groups excluding tert-OH is 1. The maximum atomic E-state index is 13.2. The average Bonchev–Trinajstić information content (AvgIpc) is 2.55. The zero-order valence-corrected chi connectivity index (χ0v) is 12.8. The Morgan fingerprint density at radius 2 is 2.00 bits per heavy atom. The van der Waals surface area contributed by atoms with Gasteiger partial charge >= 0.3 is 6.03 Å². The lowest BCUT2D eigenvalue weighted by molar-refractivity contribution is 0.0224. The number of rotatable bonds is 3. The highest BCUT2D eigenvalue weighted by Crippen LogP contribution is 2.40. The molecule has 1 saturated heterocycles. The van der Waals surface area contributed by atoms with Gasteiger partial charge < -0.3 is 15.3 Å². The van der Waals surface area contributed by atoms with E-state index in [0.29, 0.717) is 5.69 Å². The predicted octanol–water partition coefficient (Wildman–Crippen LogP) is 2.71. The van der Waals surface area contributed by atoms with Crippen LogP contribution in [0.1, 0.15) is 11.5 Å². The normalized spacial score (nSPS) is 22.4. The van der Waals surface area contributed by atoms with Crippen molar-refractivity contribution in [3.63, 3.8) is 0 Å². The van der Waals surface area contributed by atoms with E-state index >= 15 is 0 Å². The van der Waals surface area contributed by atoms with Gasteiger partial charge in [-0.2, -0.15) is 5.26 Å². The van der Waals surface area contributed by atoms with Crippen LogP contribution in [0.15, 0.2) is 54.6 Å². The summed E-state index contributed by atoms with van der Waals surface area (Å²) in [7, 11) is 0. The minimum absolute atomic E-state index is 0.251. The number of nitrogens with zero attached hydrogens (tertiary/aromatic N) is 2. The van der Waals surface area contributed by atoms with Gasteiger partial charge in [-0.3, -0.25) is 0 Å². The number of urea groups is 1. The van der Waals surface area contributed by atoms with Gasteiger partial charge in [-0.15, -0.1) is 0 Å². The highest BCUT2D eigenvalue weighted by molar-refractivity contribution is 5.91. The fourth-order valence-electron chi connectivity index (χ4n) is 3.12. The van der Waals surface area contributed by atoms with E-state index in [1.165, 1.54) is 23.1 Å². The Morgan fingerprint density at radius 3 is 2.62 bits per heavy atom. The highest BCUT2D eigenvalue weighted by Gasteiger charge is 2.51. The number of hydrogen-bond donors (Lipinski definition) is 2. The van der Waals surface area contributed by atoms with E-state index in [4.69, 9.17) is 0 Å². The summed E-state index contributed by atoms with van der Waals surface area (Å²) < 4.78 is 13.2. The van der Waals surface area contributed by atoms with Gasteiger partial charge in [0.15, 0.2) is 0 Å². The second-order valence-corrected chi connectivity index (χ2v) is 5.61. The number of amides is 2. The van der Waals surface area contributed by atoms with Crippen molar-refractivity contribution < 1.29 is 14.3 Å². The highest BCUT2D eigenvalue weighted by atomic mass is 19.1. The Morgan fingerprint density at radius 1 is 1.25 bits per heavy atom. The van der Waals surface area contributed by atoms with Crippen molar-refractivity contribution >= 4 is 11.7 Å². The van der Waals surface area contributed by atoms with Gasteiger partial charge in [0.1, 0.15) is 11.9 Å². The fourth-order valence-corrected chi connectivity index (χ4v) is 3.12. The molecule has 0 spiro atoms. The number of halogens is 1. The minimum atomic E-state index is -0.682. The Labute approximate surface area is 138 Å². The fraction of sp³-hybridized carbons (Fsp3) is 0.222. The van der Waals surface area contributed by atoms with E-state index in [1.54, 1.807) is 6.07 Å². The predicted molar refractivity (Wildman–Crippen MR) is 86.7 cm³/mol. The molecule has 0 bridgehead atoms. The zero-order chi connectivity index (χ0) is 17.1. The second kappa shape index (κ2) is 6.69. The van der Waals surface area contributed by atoms with Crippen LogP contribution in [0.5, 0.6) is 0 Å². The van der Waals surface area contributed by atoms with Crippen LogP contribution >= 0.6 is 0 Å². The first-order valence-electron chi connectivity index (χ1n) is 7.56. The summed E-state index contributed by atoms with van der Waals surface area (Å²) in [6.45, 7) is -0.256. The summed E-state index contributed by atoms with van der Waals surface area (Å²) in [5.74, 6) is -0.714. The molecule has 2 N–H and O–H groups in total. The van der Waals surface area contributed by atoms with Crippen LogP contribution in [0, 0.1) is 17.1 Å². The van der Waals surface area contributed by atoms with Gasteiger partial charge in [0.2, 0.25) is 0 Å². The van der Waals surface area contributed by atoms with Crippen LogP contribution in [0.25, 0.3) is 0 Å². The third kappa shape index (κ3) is 2.82. The Balaban J connectivity index is 1.80. The molecule has 1 aliphatic rings. The van der Waals surface area contributed by atoms with Crippen LogP contribution < -0.4 is 5.32 Å². The maximum Gasteiger partial charge on any atom is 0.323 e. The van der Waals surface area contributed by atoms with Crippen molar-refractivity contribution in [1.82, 2.24) is 4.90 Å². The molecule has 24 heavy (non-hydrogen) atoms. The smallest absolute Gasteiger partial charge is 0.323 e. The molecular weight excluding hydrogens is 309 g/mol. The molecule has 3 atom stereocenters. The zero-order valence-electron chi connectivity index (χ0n) is 12.8. The second-order valence-electron chi connectivity index (χ2n) is 5.61. The first kappa shape index (κ1) is 16.0. The Kier molecular flexibility index (Phi) is 4.45. The summed E-state index contributed by atoms with van der Waals surface area (Å²) in [4.78, 5) is 13.8. The van der Waals surface area contributed by atoms with Crippen LogP contribution in [0.4, 0.5) is 14.9 Å². The van der Waals surface area contributed by atoms with Gasteiger partial charge in [-0.25, -0.2) is 9.18 Å². The van der Waals surface area contributed by atoms with Crippen molar-refractivity contribution in [3.8, 4) is 6.07 Å². The number of carbonyl (C=O) groups excluding carboxylic acids is 1. The van der Waals surface area contributed by atoms with Gasteiger partial charge in [0.25, 0.3) is 0 Å². The number of carbonyl (C=O) groups is 1. The van der Waals surface area contributed by atoms with E-state index in [9.17, 15) is 19.6 Å². The molecule has 6 heteroatoms. The molecule has 1 aliphatic heterocycles. The van der Waals surface area contributed by atoms with Crippen LogP contribution in [-0.4, -0.2) is 34.7 Å². The monoisotopic (exact) mass is 325 g/mol. The quantitative estimate of drug-likeness (QED) is 0.911. The number of anilines is 1. The van der Waals surface area contributed by atoms with Gasteiger partial charge in [-0.1, -0.05) is 36.4 Å². The van der Waals surface area contributed by atoms with Gasteiger partial charge in [0.05, 0.1) is 18.7 Å². The molecule has 0 saturated carbocycles. The molecule has 122 valence electrons. The molecule has 1 heterocycles. The van der Waals surface area contributed by atoms with Crippen molar-refractivity contribution in [2.24, 2.45) is 0 Å². The van der Waals surface area contributed by atoms with E-state index in [2.05, 4.69) is 11.4 Å². The topological polar surface area (TPSA) is 76.4 Å². The molecule has 0 radical (unpaired) electrons. The molecule has 0 unspecified atom stereocenters. The summed E-state index contributed by atoms with van der Waals surface area (Å²) in [6, 6.07) is 15.3. The van der Waals surface area contributed by atoms with E-state index in [1.807, 2.05) is 30.3 Å². The minimum Gasteiger partial charge on any atom is -0.394 e. The number of nitrogens with one attached hydrogen (secondary N) is 1. The summed E-state index contributed by atoms with van der Waals surface area (Å²) >= 11 is 0. The largest absolute Gasteiger partial charge is 0.394 e.